The monoisotopic (exact) mass is 272 g/mol. The topological polar surface area (TPSA) is 55.2 Å². The summed E-state index contributed by atoms with van der Waals surface area (Å²) >= 11 is 7.59. The molecule has 0 bridgehead atoms. The van der Waals surface area contributed by atoms with Gasteiger partial charge in [0.1, 0.15) is 0 Å². The summed E-state index contributed by atoms with van der Waals surface area (Å²) in [4.78, 5) is 10.5. The highest BCUT2D eigenvalue weighted by molar-refractivity contribution is 7.98. The van der Waals surface area contributed by atoms with Gasteiger partial charge in [0.2, 0.25) is 0 Å². The summed E-state index contributed by atoms with van der Waals surface area (Å²) in [5.41, 5.74) is 0.869. The van der Waals surface area contributed by atoms with Gasteiger partial charge in [-0.3, -0.25) is 10.1 Å². The van der Waals surface area contributed by atoms with Crippen LogP contribution >= 0.6 is 23.4 Å². The normalized spacial score (nSPS) is 15.6. The van der Waals surface area contributed by atoms with Gasteiger partial charge in [-0.2, -0.15) is 11.8 Å². The van der Waals surface area contributed by atoms with Crippen molar-refractivity contribution in [1.29, 1.82) is 0 Å². The van der Waals surface area contributed by atoms with Crippen molar-refractivity contribution in [1.82, 2.24) is 5.32 Å². The third-order valence-corrected chi connectivity index (χ3v) is 4.17. The van der Waals surface area contributed by atoms with Crippen LogP contribution in [0.25, 0.3) is 0 Å². The minimum Gasteiger partial charge on any atom is -0.316 e. The molecule has 2 rings (SSSR count). The zero-order valence-corrected chi connectivity index (χ0v) is 10.8. The summed E-state index contributed by atoms with van der Waals surface area (Å²) in [5.74, 6) is 2.39. The van der Waals surface area contributed by atoms with Crippen LogP contribution in [0.2, 0.25) is 5.02 Å². The molecule has 1 N–H and O–H groups in total. The van der Waals surface area contributed by atoms with Crippen LogP contribution in [0, 0.1) is 16.0 Å². The van der Waals surface area contributed by atoms with Crippen LogP contribution in [0.5, 0.6) is 0 Å². The Hall–Kier alpha value is -0.780. The third-order valence-electron chi connectivity index (χ3n) is 2.72. The van der Waals surface area contributed by atoms with E-state index in [1.807, 2.05) is 0 Å². The summed E-state index contributed by atoms with van der Waals surface area (Å²) in [7, 11) is 0. The van der Waals surface area contributed by atoms with Crippen LogP contribution in [-0.2, 0) is 5.75 Å². The minimum atomic E-state index is -0.350. The molecular weight excluding hydrogens is 260 g/mol. The SMILES string of the molecule is O=[N+]([O-])c1ccc(Cl)cc1CSCC1CNC1. The molecule has 0 saturated carbocycles. The second kappa shape index (κ2) is 5.71. The fourth-order valence-electron chi connectivity index (χ4n) is 1.65. The Kier molecular flexibility index (Phi) is 4.25. The summed E-state index contributed by atoms with van der Waals surface area (Å²) in [6, 6.07) is 4.72. The van der Waals surface area contributed by atoms with Gasteiger partial charge in [0.05, 0.1) is 4.92 Å². The van der Waals surface area contributed by atoms with E-state index in [0.717, 1.165) is 18.8 Å². The van der Waals surface area contributed by atoms with E-state index >= 15 is 0 Å². The lowest BCUT2D eigenvalue weighted by Gasteiger charge is -2.26. The molecule has 0 unspecified atom stereocenters. The van der Waals surface area contributed by atoms with Gasteiger partial charge in [0.15, 0.2) is 0 Å². The van der Waals surface area contributed by atoms with Gasteiger partial charge < -0.3 is 5.32 Å². The summed E-state index contributed by atoms with van der Waals surface area (Å²) in [6.07, 6.45) is 0. The number of hydrogen-bond donors (Lipinski definition) is 1. The van der Waals surface area contributed by atoms with Gasteiger partial charge in [-0.1, -0.05) is 11.6 Å². The lowest BCUT2D eigenvalue weighted by Crippen LogP contribution is -2.43. The lowest BCUT2D eigenvalue weighted by atomic mass is 10.1. The second-order valence-electron chi connectivity index (χ2n) is 4.07. The van der Waals surface area contributed by atoms with E-state index in [1.54, 1.807) is 23.9 Å². The number of nitrogens with one attached hydrogen (secondary N) is 1. The molecule has 1 aliphatic heterocycles. The molecule has 0 atom stereocenters. The van der Waals surface area contributed by atoms with E-state index in [1.165, 1.54) is 6.07 Å². The van der Waals surface area contributed by atoms with Crippen molar-refractivity contribution in [3.63, 3.8) is 0 Å². The molecule has 1 aromatic carbocycles. The number of halogens is 1. The predicted octanol–water partition coefficient (Wildman–Crippen LogP) is 2.70. The van der Waals surface area contributed by atoms with E-state index in [-0.39, 0.29) is 10.6 Å². The van der Waals surface area contributed by atoms with Crippen LogP contribution in [0.4, 0.5) is 5.69 Å². The zero-order chi connectivity index (χ0) is 12.3. The van der Waals surface area contributed by atoms with Gasteiger partial charge >= 0.3 is 0 Å². The molecule has 92 valence electrons. The first-order valence-corrected chi connectivity index (χ1v) is 6.91. The molecule has 1 aliphatic rings. The number of nitro groups is 1. The lowest BCUT2D eigenvalue weighted by molar-refractivity contribution is -0.385. The first kappa shape index (κ1) is 12.7. The number of hydrogen-bond acceptors (Lipinski definition) is 4. The molecular formula is C11H13ClN2O2S. The fraction of sp³-hybridized carbons (Fsp3) is 0.455. The van der Waals surface area contributed by atoms with Crippen molar-refractivity contribution in [3.05, 3.63) is 38.9 Å². The molecule has 6 heteroatoms. The molecule has 1 saturated heterocycles. The Balaban J connectivity index is 1.97. The van der Waals surface area contributed by atoms with Crippen molar-refractivity contribution in [3.8, 4) is 0 Å². The van der Waals surface area contributed by atoms with E-state index in [2.05, 4.69) is 5.32 Å². The first-order chi connectivity index (χ1) is 8.16. The maximum Gasteiger partial charge on any atom is 0.273 e. The standard InChI is InChI=1S/C11H13ClN2O2S/c12-10-1-2-11(14(15)16)9(3-10)7-17-6-8-4-13-5-8/h1-3,8,13H,4-7H2. The maximum atomic E-state index is 10.8. The second-order valence-corrected chi connectivity index (χ2v) is 5.54. The zero-order valence-electron chi connectivity index (χ0n) is 9.19. The van der Waals surface area contributed by atoms with Gasteiger partial charge in [-0.05, 0) is 36.9 Å². The van der Waals surface area contributed by atoms with Crippen LogP contribution in [-0.4, -0.2) is 23.8 Å². The Bertz CT molecular complexity index is 424. The summed E-state index contributed by atoms with van der Waals surface area (Å²) in [6.45, 7) is 2.12. The maximum absolute atomic E-state index is 10.8. The van der Waals surface area contributed by atoms with Crippen LogP contribution in [0.3, 0.4) is 0 Å². The smallest absolute Gasteiger partial charge is 0.273 e. The van der Waals surface area contributed by atoms with Gasteiger partial charge in [0.25, 0.3) is 5.69 Å². The number of nitrogens with zero attached hydrogens (tertiary/aromatic N) is 1. The molecule has 1 heterocycles. The Morgan fingerprint density at radius 2 is 2.29 bits per heavy atom. The van der Waals surface area contributed by atoms with Gasteiger partial charge in [-0.15, -0.1) is 0 Å². The highest BCUT2D eigenvalue weighted by Gasteiger charge is 2.18. The van der Waals surface area contributed by atoms with Gasteiger partial charge in [-0.25, -0.2) is 0 Å². The molecule has 1 fully saturated rings. The number of thioether (sulfide) groups is 1. The highest BCUT2D eigenvalue weighted by Crippen LogP contribution is 2.27. The molecule has 4 nitrogen and oxygen atoms in total. The van der Waals surface area contributed by atoms with Crippen LogP contribution in [0.1, 0.15) is 5.56 Å². The molecule has 0 spiro atoms. The van der Waals surface area contributed by atoms with E-state index in [0.29, 0.717) is 22.3 Å². The van der Waals surface area contributed by atoms with Gasteiger partial charge in [0, 0.05) is 22.4 Å². The Morgan fingerprint density at radius 3 is 2.88 bits per heavy atom. The third kappa shape index (κ3) is 3.34. The summed E-state index contributed by atoms with van der Waals surface area (Å²) < 4.78 is 0. The van der Waals surface area contributed by atoms with Crippen LogP contribution < -0.4 is 5.32 Å². The Labute approximate surface area is 109 Å². The molecule has 0 radical (unpaired) electrons. The molecule has 17 heavy (non-hydrogen) atoms. The predicted molar refractivity (Wildman–Crippen MR) is 70.6 cm³/mol. The van der Waals surface area contributed by atoms with Crippen molar-refractivity contribution in [2.45, 2.75) is 5.75 Å². The number of benzene rings is 1. The van der Waals surface area contributed by atoms with Crippen molar-refractivity contribution in [2.24, 2.45) is 5.92 Å². The first-order valence-electron chi connectivity index (χ1n) is 5.38. The average Bonchev–Trinajstić information content (AvgIpc) is 2.21. The largest absolute Gasteiger partial charge is 0.316 e. The Morgan fingerprint density at radius 1 is 1.53 bits per heavy atom. The molecule has 0 aliphatic carbocycles. The van der Waals surface area contributed by atoms with Crippen molar-refractivity contribution < 1.29 is 4.92 Å². The van der Waals surface area contributed by atoms with E-state index in [9.17, 15) is 10.1 Å². The quantitative estimate of drug-likeness (QED) is 0.661. The summed E-state index contributed by atoms with van der Waals surface area (Å²) in [5, 5.41) is 14.6. The minimum absolute atomic E-state index is 0.161. The molecule has 0 aromatic heterocycles. The highest BCUT2D eigenvalue weighted by atomic mass is 35.5. The fourth-order valence-corrected chi connectivity index (χ4v) is 2.98. The van der Waals surface area contributed by atoms with E-state index < -0.39 is 0 Å². The molecule has 1 aromatic rings. The van der Waals surface area contributed by atoms with Crippen LogP contribution in [0.15, 0.2) is 18.2 Å². The van der Waals surface area contributed by atoms with E-state index in [4.69, 9.17) is 11.6 Å². The molecule has 0 amide bonds. The number of rotatable bonds is 5. The van der Waals surface area contributed by atoms with Crippen molar-refractivity contribution in [2.75, 3.05) is 18.8 Å². The number of nitro benzene ring substituents is 1. The average molecular weight is 273 g/mol. The van der Waals surface area contributed by atoms with Crippen molar-refractivity contribution >= 4 is 29.1 Å².